The van der Waals surface area contributed by atoms with E-state index in [-0.39, 0.29) is 5.41 Å². The van der Waals surface area contributed by atoms with Gasteiger partial charge in [-0.3, -0.25) is 0 Å². The lowest BCUT2D eigenvalue weighted by Gasteiger charge is -2.27. The molecule has 0 N–H and O–H groups in total. The van der Waals surface area contributed by atoms with Crippen LogP contribution in [0.15, 0.2) is 186 Å². The van der Waals surface area contributed by atoms with Crippen LogP contribution in [-0.4, -0.2) is 4.98 Å². The van der Waals surface area contributed by atoms with Crippen molar-refractivity contribution in [3.05, 3.63) is 193 Å². The van der Waals surface area contributed by atoms with Gasteiger partial charge in [-0.25, -0.2) is 4.98 Å². The summed E-state index contributed by atoms with van der Waals surface area (Å²) in [4.78, 5) is 7.19. The Labute approximate surface area is 309 Å². The number of rotatable bonds is 6. The summed E-state index contributed by atoms with van der Waals surface area (Å²) in [6.45, 7) is 4.66. The summed E-state index contributed by atoms with van der Waals surface area (Å²) in [7, 11) is 0. The van der Waals surface area contributed by atoms with Gasteiger partial charge in [-0.15, -0.1) is 0 Å². The summed E-state index contributed by atoms with van der Waals surface area (Å²) in [5.41, 5.74) is 16.0. The first-order chi connectivity index (χ1) is 26.0. The number of nitrogens with zero attached hydrogens (tertiary/aromatic N) is 2. The van der Waals surface area contributed by atoms with Gasteiger partial charge in [0, 0.05) is 33.4 Å². The number of hydrogen-bond donors (Lipinski definition) is 0. The molecule has 0 spiro atoms. The molecule has 0 amide bonds. The third-order valence-corrected chi connectivity index (χ3v) is 10.9. The van der Waals surface area contributed by atoms with Crippen LogP contribution in [0, 0.1) is 0 Å². The van der Waals surface area contributed by atoms with E-state index in [1.807, 2.05) is 36.4 Å². The molecule has 0 radical (unpaired) electrons. The minimum Gasteiger partial charge on any atom is -0.435 e. The summed E-state index contributed by atoms with van der Waals surface area (Å²) >= 11 is 0. The van der Waals surface area contributed by atoms with Crippen LogP contribution in [0.4, 0.5) is 17.1 Å². The van der Waals surface area contributed by atoms with E-state index < -0.39 is 0 Å². The first kappa shape index (κ1) is 31.1. The van der Waals surface area contributed by atoms with Gasteiger partial charge < -0.3 is 9.32 Å². The van der Waals surface area contributed by atoms with E-state index in [9.17, 15) is 0 Å². The van der Waals surface area contributed by atoms with Crippen LogP contribution in [0.25, 0.3) is 66.7 Å². The minimum atomic E-state index is -0.0471. The monoisotopic (exact) mass is 680 g/mol. The molecule has 1 heterocycles. The first-order valence-corrected chi connectivity index (χ1v) is 18.2. The highest BCUT2D eigenvalue weighted by molar-refractivity contribution is 6.05. The quantitative estimate of drug-likeness (QED) is 0.175. The molecule has 0 bridgehead atoms. The molecule has 1 aliphatic carbocycles. The Morgan fingerprint density at radius 2 is 1.00 bits per heavy atom. The third kappa shape index (κ3) is 5.24. The topological polar surface area (TPSA) is 29.3 Å². The first-order valence-electron chi connectivity index (χ1n) is 18.2. The molecule has 0 saturated carbocycles. The Morgan fingerprint density at radius 1 is 0.453 bits per heavy atom. The average Bonchev–Trinajstić information content (AvgIpc) is 3.76. The lowest BCUT2D eigenvalue weighted by Crippen LogP contribution is -2.15. The van der Waals surface area contributed by atoms with Crippen molar-refractivity contribution in [3.8, 4) is 44.8 Å². The molecular weight excluding hydrogens is 645 g/mol. The molecule has 0 saturated heterocycles. The Hall–Kier alpha value is -6.71. The highest BCUT2D eigenvalue weighted by Gasteiger charge is 2.35. The summed E-state index contributed by atoms with van der Waals surface area (Å²) in [6.07, 6.45) is 0. The van der Waals surface area contributed by atoms with Gasteiger partial charge in [0.15, 0.2) is 5.58 Å². The van der Waals surface area contributed by atoms with E-state index in [4.69, 9.17) is 9.40 Å². The lowest BCUT2D eigenvalue weighted by molar-refractivity contribution is 0.623. The zero-order valence-corrected chi connectivity index (χ0v) is 29.6. The van der Waals surface area contributed by atoms with Gasteiger partial charge in [-0.05, 0) is 111 Å². The predicted molar refractivity (Wildman–Crippen MR) is 220 cm³/mol. The van der Waals surface area contributed by atoms with Crippen LogP contribution in [0.2, 0.25) is 0 Å². The van der Waals surface area contributed by atoms with Crippen molar-refractivity contribution in [2.45, 2.75) is 19.3 Å². The van der Waals surface area contributed by atoms with Gasteiger partial charge >= 0.3 is 0 Å². The predicted octanol–water partition coefficient (Wildman–Crippen LogP) is 13.8. The molecule has 1 aliphatic rings. The second kappa shape index (κ2) is 12.2. The van der Waals surface area contributed by atoms with Gasteiger partial charge in [0.25, 0.3) is 0 Å². The molecule has 3 heteroatoms. The smallest absolute Gasteiger partial charge is 0.227 e. The highest BCUT2D eigenvalue weighted by atomic mass is 16.3. The average molecular weight is 681 g/mol. The van der Waals surface area contributed by atoms with Crippen LogP contribution in [-0.2, 0) is 5.41 Å². The van der Waals surface area contributed by atoms with E-state index in [0.717, 1.165) is 55.6 Å². The lowest BCUT2D eigenvalue weighted by atomic mass is 9.82. The number of benzene rings is 8. The van der Waals surface area contributed by atoms with E-state index >= 15 is 0 Å². The van der Waals surface area contributed by atoms with E-state index in [0.29, 0.717) is 5.89 Å². The van der Waals surface area contributed by atoms with Crippen molar-refractivity contribution in [1.29, 1.82) is 0 Å². The van der Waals surface area contributed by atoms with Crippen molar-refractivity contribution < 1.29 is 4.42 Å². The van der Waals surface area contributed by atoms with E-state index in [1.165, 1.54) is 33.4 Å². The molecule has 1 aromatic heterocycles. The number of fused-ring (bicyclic) bond motifs is 6. The zero-order chi connectivity index (χ0) is 35.5. The van der Waals surface area contributed by atoms with Crippen LogP contribution in [0.3, 0.4) is 0 Å². The molecular formula is C50H36N2O. The zero-order valence-electron chi connectivity index (χ0n) is 29.6. The van der Waals surface area contributed by atoms with Crippen LogP contribution >= 0.6 is 0 Å². The standard InChI is InChI=1S/C50H36N2O/c1-50(2)45-16-10-9-15-42(45)44-32-41(28-29-46(44)50)52(39-24-19-34(20-25-39)33-11-5-3-6-12-33)40-26-21-35(22-27-40)38-18-17-36-23-30-47-48(43(36)31-38)53-49(51-47)37-13-7-4-8-14-37/h3-32H,1-2H3. The third-order valence-electron chi connectivity index (χ3n) is 10.9. The van der Waals surface area contributed by atoms with Crippen LogP contribution in [0.5, 0.6) is 0 Å². The van der Waals surface area contributed by atoms with Gasteiger partial charge in [0.05, 0.1) is 0 Å². The van der Waals surface area contributed by atoms with Crippen LogP contribution < -0.4 is 4.90 Å². The molecule has 53 heavy (non-hydrogen) atoms. The fourth-order valence-electron chi connectivity index (χ4n) is 8.12. The summed E-state index contributed by atoms with van der Waals surface area (Å²) < 4.78 is 6.39. The van der Waals surface area contributed by atoms with E-state index in [2.05, 4.69) is 164 Å². The number of oxazole rings is 1. The maximum absolute atomic E-state index is 6.39. The van der Waals surface area contributed by atoms with Crippen molar-refractivity contribution in [3.63, 3.8) is 0 Å². The molecule has 252 valence electrons. The molecule has 0 atom stereocenters. The van der Waals surface area contributed by atoms with Crippen molar-refractivity contribution >= 4 is 38.9 Å². The summed E-state index contributed by atoms with van der Waals surface area (Å²) in [5.74, 6) is 0.637. The maximum atomic E-state index is 6.39. The molecule has 8 aromatic carbocycles. The number of aromatic nitrogens is 1. The van der Waals surface area contributed by atoms with Gasteiger partial charge in [0.2, 0.25) is 5.89 Å². The van der Waals surface area contributed by atoms with Crippen LogP contribution in [0.1, 0.15) is 25.0 Å². The Morgan fingerprint density at radius 3 is 1.72 bits per heavy atom. The second-order valence-electron chi connectivity index (χ2n) is 14.4. The molecule has 10 rings (SSSR count). The summed E-state index contributed by atoms with van der Waals surface area (Å²) in [6, 6.07) is 65.1. The Bertz CT molecular complexity index is 2780. The molecule has 0 fully saturated rings. The van der Waals surface area contributed by atoms with Crippen molar-refractivity contribution in [2.75, 3.05) is 4.90 Å². The molecule has 0 aliphatic heterocycles. The maximum Gasteiger partial charge on any atom is 0.227 e. The number of anilines is 3. The SMILES string of the molecule is CC1(C)c2ccccc2-c2cc(N(c3ccc(-c4ccccc4)cc3)c3ccc(-c4ccc5ccc6nc(-c7ccccc7)oc6c5c4)cc3)ccc21. The normalized spacial score (nSPS) is 12.9. The molecule has 9 aromatic rings. The van der Waals surface area contributed by atoms with Crippen molar-refractivity contribution in [1.82, 2.24) is 4.98 Å². The van der Waals surface area contributed by atoms with Gasteiger partial charge in [0.1, 0.15) is 5.52 Å². The highest BCUT2D eigenvalue weighted by Crippen LogP contribution is 2.50. The van der Waals surface area contributed by atoms with Crippen molar-refractivity contribution in [2.24, 2.45) is 0 Å². The molecule has 3 nitrogen and oxygen atoms in total. The Balaban J connectivity index is 1.06. The Kier molecular flexibility index (Phi) is 7.16. The fourth-order valence-corrected chi connectivity index (χ4v) is 8.12. The summed E-state index contributed by atoms with van der Waals surface area (Å²) in [5, 5.41) is 2.18. The molecule has 0 unspecified atom stereocenters. The number of hydrogen-bond acceptors (Lipinski definition) is 3. The largest absolute Gasteiger partial charge is 0.435 e. The minimum absolute atomic E-state index is 0.0471. The fraction of sp³-hybridized carbons (Fsp3) is 0.0600. The van der Waals surface area contributed by atoms with Gasteiger partial charge in [-0.1, -0.05) is 135 Å². The second-order valence-corrected chi connectivity index (χ2v) is 14.4. The van der Waals surface area contributed by atoms with Gasteiger partial charge in [-0.2, -0.15) is 0 Å². The van der Waals surface area contributed by atoms with E-state index in [1.54, 1.807) is 0 Å².